The molecule has 0 aliphatic rings. The molecule has 9 heteroatoms. The number of halogens is 3. The zero-order valence-electron chi connectivity index (χ0n) is 16.5. The van der Waals surface area contributed by atoms with E-state index < -0.39 is 30.1 Å². The van der Waals surface area contributed by atoms with E-state index in [0.29, 0.717) is 11.3 Å². The van der Waals surface area contributed by atoms with Crippen molar-refractivity contribution in [3.05, 3.63) is 59.7 Å². The van der Waals surface area contributed by atoms with Gasteiger partial charge in [0.1, 0.15) is 5.75 Å². The third kappa shape index (κ3) is 6.33. The van der Waals surface area contributed by atoms with Gasteiger partial charge in [-0.05, 0) is 38.1 Å². The van der Waals surface area contributed by atoms with Crippen LogP contribution in [0.1, 0.15) is 29.8 Å². The molecule has 2 aromatic carbocycles. The molecule has 0 bridgehead atoms. The predicted molar refractivity (Wildman–Crippen MR) is 104 cm³/mol. The smallest absolute Gasteiger partial charge is 0.418 e. The van der Waals surface area contributed by atoms with E-state index in [1.54, 1.807) is 25.1 Å². The lowest BCUT2D eigenvalue weighted by Crippen LogP contribution is -2.40. The number of para-hydroxylation sites is 1. The van der Waals surface area contributed by atoms with Crippen LogP contribution in [0.4, 0.5) is 18.9 Å². The average Bonchev–Trinajstić information content (AvgIpc) is 2.70. The van der Waals surface area contributed by atoms with Crippen LogP contribution < -0.4 is 10.1 Å². The Bertz CT molecular complexity index is 928. The third-order valence-electron chi connectivity index (χ3n) is 4.18. The number of rotatable bonds is 8. The molecular weight excluding hydrogens is 401 g/mol. The minimum atomic E-state index is -4.62. The predicted octanol–water partition coefficient (Wildman–Crippen LogP) is 3.77. The fraction of sp³-hybridized carbons (Fsp3) is 0.286. The van der Waals surface area contributed by atoms with Crippen LogP contribution in [-0.2, 0) is 15.8 Å². The Morgan fingerprint density at radius 3 is 2.40 bits per heavy atom. The summed E-state index contributed by atoms with van der Waals surface area (Å²) >= 11 is 0. The van der Waals surface area contributed by atoms with Crippen molar-refractivity contribution in [2.45, 2.75) is 20.0 Å². The second kappa shape index (κ2) is 9.91. The van der Waals surface area contributed by atoms with E-state index in [0.717, 1.165) is 17.0 Å². The molecule has 160 valence electrons. The molecule has 0 atom stereocenters. The van der Waals surface area contributed by atoms with Crippen LogP contribution in [-0.4, -0.2) is 42.2 Å². The molecule has 0 heterocycles. The van der Waals surface area contributed by atoms with Crippen LogP contribution in [0.25, 0.3) is 0 Å². The summed E-state index contributed by atoms with van der Waals surface area (Å²) < 4.78 is 44.5. The molecule has 0 spiro atoms. The molecule has 2 rings (SSSR count). The van der Waals surface area contributed by atoms with E-state index in [-0.39, 0.29) is 24.6 Å². The van der Waals surface area contributed by atoms with Gasteiger partial charge in [0, 0.05) is 12.1 Å². The lowest BCUT2D eigenvalue weighted by molar-refractivity contribution is -0.137. The number of likely N-dealkylation sites (N-methyl/N-ethyl adjacent to an activating group) is 1. The molecule has 30 heavy (non-hydrogen) atoms. The highest BCUT2D eigenvalue weighted by atomic mass is 19.4. The fourth-order valence-electron chi connectivity index (χ4n) is 2.62. The summed E-state index contributed by atoms with van der Waals surface area (Å²) in [5.41, 5.74) is -0.924. The summed E-state index contributed by atoms with van der Waals surface area (Å²) in [6.45, 7) is 2.37. The first kappa shape index (κ1) is 22.9. The van der Waals surface area contributed by atoms with E-state index in [1.807, 2.05) is 0 Å². The Morgan fingerprint density at radius 2 is 1.77 bits per heavy atom. The number of hydrogen-bond donors (Lipinski definition) is 1. The van der Waals surface area contributed by atoms with Crippen LogP contribution in [0.3, 0.4) is 0 Å². The van der Waals surface area contributed by atoms with Crippen molar-refractivity contribution in [3.8, 4) is 5.75 Å². The number of alkyl halides is 3. The summed E-state index contributed by atoms with van der Waals surface area (Å²) in [5, 5.41) is 2.20. The number of hydrogen-bond acceptors (Lipinski definition) is 4. The standard InChI is InChI=1S/C21H21F3N2O4/c1-3-26(20(29)13-30-16-8-6-7-15(11-16)14(2)27)12-19(28)25-18-10-5-4-9-17(18)21(22,23)24/h4-11H,3,12-13H2,1-2H3,(H,25,28). The van der Waals surface area contributed by atoms with Crippen LogP contribution in [0.2, 0.25) is 0 Å². The average molecular weight is 422 g/mol. The van der Waals surface area contributed by atoms with E-state index >= 15 is 0 Å². The fourth-order valence-corrected chi connectivity index (χ4v) is 2.62. The highest BCUT2D eigenvalue weighted by Gasteiger charge is 2.33. The van der Waals surface area contributed by atoms with Crippen molar-refractivity contribution in [2.75, 3.05) is 25.0 Å². The van der Waals surface area contributed by atoms with Gasteiger partial charge in [-0.15, -0.1) is 0 Å². The maximum atomic E-state index is 13.0. The van der Waals surface area contributed by atoms with Gasteiger partial charge in [-0.2, -0.15) is 13.2 Å². The van der Waals surface area contributed by atoms with Gasteiger partial charge in [0.15, 0.2) is 12.4 Å². The molecule has 1 N–H and O–H groups in total. The number of Topliss-reactive ketones (excluding diaryl/α,β-unsaturated/α-hetero) is 1. The van der Waals surface area contributed by atoms with Crippen LogP contribution >= 0.6 is 0 Å². The Labute approximate surface area is 171 Å². The highest BCUT2D eigenvalue weighted by Crippen LogP contribution is 2.34. The number of ketones is 1. The van der Waals surface area contributed by atoms with Gasteiger partial charge < -0.3 is 15.0 Å². The van der Waals surface area contributed by atoms with Gasteiger partial charge in [0.2, 0.25) is 5.91 Å². The quantitative estimate of drug-likeness (QED) is 0.657. The first-order valence-corrected chi connectivity index (χ1v) is 9.09. The van der Waals surface area contributed by atoms with Crippen molar-refractivity contribution in [1.82, 2.24) is 4.90 Å². The number of anilines is 1. The number of nitrogens with one attached hydrogen (secondary N) is 1. The maximum absolute atomic E-state index is 13.0. The zero-order chi connectivity index (χ0) is 22.3. The minimum Gasteiger partial charge on any atom is -0.484 e. The normalized spacial score (nSPS) is 11.0. The molecule has 0 fully saturated rings. The SMILES string of the molecule is CCN(CC(=O)Nc1ccccc1C(F)(F)F)C(=O)COc1cccc(C(C)=O)c1. The Morgan fingerprint density at radius 1 is 1.07 bits per heavy atom. The molecule has 6 nitrogen and oxygen atoms in total. The lowest BCUT2D eigenvalue weighted by atomic mass is 10.1. The summed E-state index contributed by atoms with van der Waals surface area (Å²) in [5.74, 6) is -1.13. The first-order valence-electron chi connectivity index (χ1n) is 9.09. The van der Waals surface area contributed by atoms with Crippen LogP contribution in [0, 0.1) is 0 Å². The summed E-state index contributed by atoms with van der Waals surface area (Å²) in [4.78, 5) is 37.1. The maximum Gasteiger partial charge on any atom is 0.418 e. The highest BCUT2D eigenvalue weighted by molar-refractivity contribution is 5.95. The lowest BCUT2D eigenvalue weighted by Gasteiger charge is -2.21. The largest absolute Gasteiger partial charge is 0.484 e. The summed E-state index contributed by atoms with van der Waals surface area (Å²) in [6, 6.07) is 10.9. The summed E-state index contributed by atoms with van der Waals surface area (Å²) in [6.07, 6.45) is -4.62. The molecule has 0 aliphatic heterocycles. The summed E-state index contributed by atoms with van der Waals surface area (Å²) in [7, 11) is 0. The molecule has 0 saturated heterocycles. The monoisotopic (exact) mass is 422 g/mol. The number of carbonyl (C=O) groups excluding carboxylic acids is 3. The van der Waals surface area contributed by atoms with Gasteiger partial charge in [0.05, 0.1) is 17.8 Å². The Hall–Kier alpha value is -3.36. The molecule has 0 radical (unpaired) electrons. The van der Waals surface area contributed by atoms with Gasteiger partial charge >= 0.3 is 6.18 Å². The molecule has 0 saturated carbocycles. The number of carbonyl (C=O) groups is 3. The number of benzene rings is 2. The molecule has 2 amide bonds. The van der Waals surface area contributed by atoms with Crippen LogP contribution in [0.15, 0.2) is 48.5 Å². The first-order chi connectivity index (χ1) is 14.1. The number of nitrogens with zero attached hydrogens (tertiary/aromatic N) is 1. The third-order valence-corrected chi connectivity index (χ3v) is 4.18. The van der Waals surface area contributed by atoms with Crippen LogP contribution in [0.5, 0.6) is 5.75 Å². The second-order valence-corrected chi connectivity index (χ2v) is 6.37. The van der Waals surface area contributed by atoms with Gasteiger partial charge in [-0.1, -0.05) is 24.3 Å². The van der Waals surface area contributed by atoms with E-state index in [4.69, 9.17) is 4.74 Å². The van der Waals surface area contributed by atoms with E-state index in [9.17, 15) is 27.6 Å². The number of amides is 2. The zero-order valence-corrected chi connectivity index (χ0v) is 16.5. The van der Waals surface area contributed by atoms with Crippen molar-refractivity contribution < 1.29 is 32.3 Å². The van der Waals surface area contributed by atoms with Gasteiger partial charge in [0.25, 0.3) is 5.91 Å². The molecule has 0 aromatic heterocycles. The molecule has 2 aromatic rings. The second-order valence-electron chi connectivity index (χ2n) is 6.37. The Kier molecular flexibility index (Phi) is 7.57. The van der Waals surface area contributed by atoms with Crippen molar-refractivity contribution >= 4 is 23.3 Å². The van der Waals surface area contributed by atoms with E-state index in [2.05, 4.69) is 5.32 Å². The minimum absolute atomic E-state index is 0.155. The van der Waals surface area contributed by atoms with E-state index in [1.165, 1.54) is 25.1 Å². The topological polar surface area (TPSA) is 75.7 Å². The molecular formula is C21H21F3N2O4. The molecule has 0 unspecified atom stereocenters. The number of ether oxygens (including phenoxy) is 1. The van der Waals surface area contributed by atoms with Gasteiger partial charge in [-0.25, -0.2) is 0 Å². The van der Waals surface area contributed by atoms with Crippen molar-refractivity contribution in [1.29, 1.82) is 0 Å². The Balaban J connectivity index is 1.98. The van der Waals surface area contributed by atoms with Crippen molar-refractivity contribution in [3.63, 3.8) is 0 Å². The van der Waals surface area contributed by atoms with Gasteiger partial charge in [-0.3, -0.25) is 14.4 Å². The molecule has 0 aliphatic carbocycles. The van der Waals surface area contributed by atoms with Crippen molar-refractivity contribution in [2.24, 2.45) is 0 Å².